The predicted molar refractivity (Wildman–Crippen MR) is 97.7 cm³/mol. The molecule has 0 N–H and O–H groups in total. The van der Waals surface area contributed by atoms with Crippen molar-refractivity contribution in [2.24, 2.45) is 5.92 Å². The number of rotatable bonds is 6. The maximum atomic E-state index is 14.0. The first-order valence-electron chi connectivity index (χ1n) is 9.40. The standard InChI is InChI=1S/C21H18F2N4O/c22-17-6-13(7-18(19(17)23)28-11-12-2-3-12)15-8-16(15)14-9-26-21(27-10-14)20-24-4-1-5-25-20/h1,4-7,9-10,12,15-16H,2-3,8,11H2/t15-,16+/m1/s1. The molecule has 0 unspecified atom stereocenters. The molecule has 7 heteroatoms. The molecule has 0 radical (unpaired) electrons. The Morgan fingerprint density at radius 3 is 2.29 bits per heavy atom. The lowest BCUT2D eigenvalue weighted by Gasteiger charge is -2.10. The first-order chi connectivity index (χ1) is 13.7. The van der Waals surface area contributed by atoms with Crippen molar-refractivity contribution >= 4 is 0 Å². The van der Waals surface area contributed by atoms with Crippen molar-refractivity contribution in [3.63, 3.8) is 0 Å². The molecule has 5 rings (SSSR count). The van der Waals surface area contributed by atoms with E-state index < -0.39 is 11.6 Å². The van der Waals surface area contributed by atoms with Crippen molar-refractivity contribution in [1.82, 2.24) is 19.9 Å². The van der Waals surface area contributed by atoms with Crippen LogP contribution < -0.4 is 4.74 Å². The molecule has 2 aliphatic rings. The summed E-state index contributed by atoms with van der Waals surface area (Å²) in [6.07, 6.45) is 9.83. The van der Waals surface area contributed by atoms with E-state index in [2.05, 4.69) is 19.9 Å². The summed E-state index contributed by atoms with van der Waals surface area (Å²) in [5.41, 5.74) is 1.72. The van der Waals surface area contributed by atoms with Crippen molar-refractivity contribution in [3.05, 3.63) is 65.7 Å². The van der Waals surface area contributed by atoms with Crippen molar-refractivity contribution < 1.29 is 13.5 Å². The van der Waals surface area contributed by atoms with Gasteiger partial charge in [0.25, 0.3) is 0 Å². The van der Waals surface area contributed by atoms with Crippen LogP contribution in [-0.4, -0.2) is 26.5 Å². The van der Waals surface area contributed by atoms with Crippen LogP contribution in [0.15, 0.2) is 43.0 Å². The van der Waals surface area contributed by atoms with Crippen LogP contribution in [0, 0.1) is 17.6 Å². The second-order valence-corrected chi connectivity index (χ2v) is 7.43. The third kappa shape index (κ3) is 3.44. The summed E-state index contributed by atoms with van der Waals surface area (Å²) in [7, 11) is 0. The Bertz CT molecular complexity index is 993. The second kappa shape index (κ2) is 6.89. The zero-order valence-corrected chi connectivity index (χ0v) is 15.1. The minimum absolute atomic E-state index is 0.0142. The van der Waals surface area contributed by atoms with Gasteiger partial charge in [-0.15, -0.1) is 0 Å². The fraction of sp³-hybridized carbons (Fsp3) is 0.333. The van der Waals surface area contributed by atoms with E-state index in [4.69, 9.17) is 4.74 Å². The summed E-state index contributed by atoms with van der Waals surface area (Å²) in [6, 6.07) is 4.65. The van der Waals surface area contributed by atoms with Crippen molar-refractivity contribution in [2.45, 2.75) is 31.1 Å². The zero-order valence-electron chi connectivity index (χ0n) is 15.1. The van der Waals surface area contributed by atoms with Gasteiger partial charge in [0.05, 0.1) is 6.61 Å². The lowest BCUT2D eigenvalue weighted by atomic mass is 10.1. The quantitative estimate of drug-likeness (QED) is 0.639. The van der Waals surface area contributed by atoms with Crippen molar-refractivity contribution in [2.75, 3.05) is 6.61 Å². The maximum absolute atomic E-state index is 14.0. The average molecular weight is 380 g/mol. The summed E-state index contributed by atoms with van der Waals surface area (Å²) in [6.45, 7) is 0.449. The molecule has 2 heterocycles. The Hall–Kier alpha value is -2.96. The third-order valence-corrected chi connectivity index (χ3v) is 5.27. The van der Waals surface area contributed by atoms with E-state index in [1.165, 1.54) is 6.07 Å². The van der Waals surface area contributed by atoms with Gasteiger partial charge in [0.2, 0.25) is 5.82 Å². The Morgan fingerprint density at radius 2 is 1.57 bits per heavy atom. The molecule has 2 atom stereocenters. The molecule has 3 aromatic rings. The number of ether oxygens (including phenoxy) is 1. The number of nitrogens with zero attached hydrogens (tertiary/aromatic N) is 4. The van der Waals surface area contributed by atoms with E-state index >= 15 is 0 Å². The highest BCUT2D eigenvalue weighted by molar-refractivity contribution is 5.44. The molecule has 1 aromatic carbocycles. The van der Waals surface area contributed by atoms with Gasteiger partial charge in [-0.3, -0.25) is 0 Å². The maximum Gasteiger partial charge on any atom is 0.200 e. The number of aromatic nitrogens is 4. The van der Waals surface area contributed by atoms with E-state index in [-0.39, 0.29) is 17.6 Å². The summed E-state index contributed by atoms with van der Waals surface area (Å²) < 4.78 is 33.6. The average Bonchev–Trinajstić information content (AvgIpc) is 3.64. The molecule has 2 aromatic heterocycles. The highest BCUT2D eigenvalue weighted by Crippen LogP contribution is 2.55. The van der Waals surface area contributed by atoms with Gasteiger partial charge in [-0.2, -0.15) is 4.39 Å². The van der Waals surface area contributed by atoms with Crippen molar-refractivity contribution in [1.29, 1.82) is 0 Å². The summed E-state index contributed by atoms with van der Waals surface area (Å²) in [5.74, 6) is -0.0411. The minimum atomic E-state index is -0.905. The van der Waals surface area contributed by atoms with Crippen LogP contribution in [0.3, 0.4) is 0 Å². The van der Waals surface area contributed by atoms with Gasteiger partial charge in [0, 0.05) is 24.8 Å². The number of benzene rings is 1. The van der Waals surface area contributed by atoms with Gasteiger partial charge in [-0.25, -0.2) is 24.3 Å². The Morgan fingerprint density at radius 1 is 0.893 bits per heavy atom. The molecule has 0 bridgehead atoms. The summed E-state index contributed by atoms with van der Waals surface area (Å²) >= 11 is 0. The van der Waals surface area contributed by atoms with Crippen LogP contribution >= 0.6 is 0 Å². The van der Waals surface area contributed by atoms with E-state index in [1.807, 2.05) is 0 Å². The molecule has 142 valence electrons. The van der Waals surface area contributed by atoms with Crippen LogP contribution in [-0.2, 0) is 0 Å². The van der Waals surface area contributed by atoms with Gasteiger partial charge >= 0.3 is 0 Å². The van der Waals surface area contributed by atoms with Gasteiger partial charge in [0.1, 0.15) is 0 Å². The summed E-state index contributed by atoms with van der Waals surface area (Å²) in [5, 5.41) is 0. The smallest absolute Gasteiger partial charge is 0.200 e. The number of hydrogen-bond donors (Lipinski definition) is 0. The van der Waals surface area contributed by atoms with Gasteiger partial charge < -0.3 is 4.74 Å². The zero-order chi connectivity index (χ0) is 19.1. The van der Waals surface area contributed by atoms with Crippen LogP contribution in [0.2, 0.25) is 0 Å². The SMILES string of the molecule is Fc1cc([C@H]2C[C@H]2c2cnc(-c3ncccn3)nc2)cc(OCC2CC2)c1F. The van der Waals surface area contributed by atoms with Crippen molar-refractivity contribution in [3.8, 4) is 17.4 Å². The fourth-order valence-electron chi connectivity index (χ4n) is 3.39. The first kappa shape index (κ1) is 17.2. The molecule has 0 saturated heterocycles. The van der Waals surface area contributed by atoms with Crippen LogP contribution in [0.5, 0.6) is 5.75 Å². The highest BCUT2D eigenvalue weighted by Gasteiger charge is 2.41. The normalized spacial score (nSPS) is 20.8. The van der Waals surface area contributed by atoms with Crippen LogP contribution in [0.1, 0.15) is 42.2 Å². The largest absolute Gasteiger partial charge is 0.490 e. The fourth-order valence-corrected chi connectivity index (χ4v) is 3.39. The third-order valence-electron chi connectivity index (χ3n) is 5.27. The first-order valence-corrected chi connectivity index (χ1v) is 9.40. The minimum Gasteiger partial charge on any atom is -0.490 e. The van der Waals surface area contributed by atoms with E-state index in [0.29, 0.717) is 24.2 Å². The molecule has 0 aliphatic heterocycles. The van der Waals surface area contributed by atoms with Gasteiger partial charge in [0.15, 0.2) is 23.2 Å². The van der Waals surface area contributed by atoms with E-state index in [1.54, 1.807) is 36.9 Å². The molecule has 2 fully saturated rings. The molecule has 5 nitrogen and oxygen atoms in total. The Kier molecular flexibility index (Phi) is 4.22. The molecule has 0 spiro atoms. The van der Waals surface area contributed by atoms with Crippen LogP contribution in [0.4, 0.5) is 8.78 Å². The number of halogens is 2. The van der Waals surface area contributed by atoms with Gasteiger partial charge in [-0.05, 0) is 66.3 Å². The predicted octanol–water partition coefficient (Wildman–Crippen LogP) is 4.27. The highest BCUT2D eigenvalue weighted by atomic mass is 19.2. The monoisotopic (exact) mass is 380 g/mol. The molecule has 0 amide bonds. The molecule has 2 saturated carbocycles. The lowest BCUT2D eigenvalue weighted by Crippen LogP contribution is -2.03. The summed E-state index contributed by atoms with van der Waals surface area (Å²) in [4.78, 5) is 17.0. The molecular weight excluding hydrogens is 362 g/mol. The topological polar surface area (TPSA) is 60.8 Å². The Labute approximate surface area is 160 Å². The number of hydrogen-bond acceptors (Lipinski definition) is 5. The van der Waals surface area contributed by atoms with Gasteiger partial charge in [-0.1, -0.05) is 0 Å². The Balaban J connectivity index is 1.32. The van der Waals surface area contributed by atoms with Crippen LogP contribution in [0.25, 0.3) is 11.6 Å². The molecule has 2 aliphatic carbocycles. The second-order valence-electron chi connectivity index (χ2n) is 7.43. The lowest BCUT2D eigenvalue weighted by molar-refractivity contribution is 0.280. The van der Waals surface area contributed by atoms with E-state index in [9.17, 15) is 8.78 Å². The molecule has 28 heavy (non-hydrogen) atoms. The molecular formula is C21H18F2N4O. The van der Waals surface area contributed by atoms with E-state index in [0.717, 1.165) is 30.4 Å².